The van der Waals surface area contributed by atoms with E-state index in [4.69, 9.17) is 0 Å². The van der Waals surface area contributed by atoms with E-state index in [0.29, 0.717) is 4.91 Å². The first-order valence-electron chi connectivity index (χ1n) is 11.2. The fourth-order valence-corrected chi connectivity index (χ4v) is 5.30. The molecule has 1 aliphatic heterocycles. The van der Waals surface area contributed by atoms with E-state index < -0.39 is 0 Å². The number of carbonyl (C=O) groups excluding carboxylic acids is 2. The van der Waals surface area contributed by atoms with Crippen molar-refractivity contribution in [1.82, 2.24) is 5.32 Å². The molecular weight excluding hydrogens is 404 g/mol. The van der Waals surface area contributed by atoms with Crippen molar-refractivity contribution in [2.24, 2.45) is 5.92 Å². The number of hydrogen-bond donors (Lipinski definition) is 1. The Labute approximate surface area is 189 Å². The van der Waals surface area contributed by atoms with E-state index in [1.165, 1.54) is 17.3 Å². The van der Waals surface area contributed by atoms with Gasteiger partial charge in [0.2, 0.25) is 5.91 Å². The number of benzene rings is 2. The minimum absolute atomic E-state index is 0.0502. The Balaban J connectivity index is 1.53. The van der Waals surface area contributed by atoms with Crippen LogP contribution in [-0.4, -0.2) is 24.4 Å². The van der Waals surface area contributed by atoms with Crippen molar-refractivity contribution in [3.63, 3.8) is 0 Å². The molecule has 4 nitrogen and oxygen atoms in total. The summed E-state index contributed by atoms with van der Waals surface area (Å²) in [5.74, 6) is 0.539. The predicted octanol–water partition coefficient (Wildman–Crippen LogP) is 5.42. The number of hydrogen-bond acceptors (Lipinski definition) is 3. The van der Waals surface area contributed by atoms with Gasteiger partial charge in [0, 0.05) is 10.9 Å². The van der Waals surface area contributed by atoms with Gasteiger partial charge in [-0.25, -0.2) is 0 Å². The molecule has 1 fully saturated rings. The van der Waals surface area contributed by atoms with Crippen LogP contribution in [0.2, 0.25) is 0 Å². The van der Waals surface area contributed by atoms with Crippen LogP contribution in [0.4, 0.5) is 5.69 Å². The smallest absolute Gasteiger partial charge is 0.265 e. The lowest BCUT2D eigenvalue weighted by Gasteiger charge is -2.31. The van der Waals surface area contributed by atoms with Gasteiger partial charge in [0.1, 0.15) is 6.54 Å². The molecule has 5 heteroatoms. The highest BCUT2D eigenvalue weighted by Gasteiger charge is 2.31. The second-order valence-corrected chi connectivity index (χ2v) is 9.67. The highest BCUT2D eigenvalue weighted by Crippen LogP contribution is 2.42. The van der Waals surface area contributed by atoms with Crippen molar-refractivity contribution in [3.8, 4) is 0 Å². The summed E-state index contributed by atoms with van der Waals surface area (Å²) in [6.07, 6.45) is 7.25. The highest BCUT2D eigenvalue weighted by molar-refractivity contribution is 8.04. The number of aryl methyl sites for hydroxylation is 1. The van der Waals surface area contributed by atoms with Crippen molar-refractivity contribution in [2.45, 2.75) is 56.9 Å². The molecule has 1 N–H and O–H groups in total. The van der Waals surface area contributed by atoms with Crippen molar-refractivity contribution in [2.75, 3.05) is 11.4 Å². The van der Waals surface area contributed by atoms with Gasteiger partial charge in [-0.05, 0) is 67.4 Å². The van der Waals surface area contributed by atoms with Crippen molar-refractivity contribution in [1.29, 1.82) is 0 Å². The molecule has 0 spiro atoms. The summed E-state index contributed by atoms with van der Waals surface area (Å²) in [6, 6.07) is 16.3. The lowest BCUT2D eigenvalue weighted by atomic mass is 9.87. The van der Waals surface area contributed by atoms with Crippen LogP contribution < -0.4 is 10.2 Å². The summed E-state index contributed by atoms with van der Waals surface area (Å²) in [5, 5.41) is 3.16. The first-order valence-corrected chi connectivity index (χ1v) is 12.0. The lowest BCUT2D eigenvalue weighted by molar-refractivity contribution is -0.123. The largest absolute Gasteiger partial charge is 0.352 e. The van der Waals surface area contributed by atoms with Crippen LogP contribution in [0.1, 0.15) is 50.7 Å². The minimum atomic E-state index is -0.115. The van der Waals surface area contributed by atoms with Crippen LogP contribution >= 0.6 is 11.8 Å². The van der Waals surface area contributed by atoms with Gasteiger partial charge < -0.3 is 5.32 Å². The Bertz CT molecular complexity index is 975. The number of thioether (sulfide) groups is 1. The molecule has 1 heterocycles. The molecule has 2 aromatic rings. The SMILES string of the molecule is CCc1ccc(C=C2Sc3ccccc3N(CC(=O)NC3CCC(C)CC3)C2=O)cc1. The van der Waals surface area contributed by atoms with Gasteiger partial charge in [0.15, 0.2) is 0 Å². The third kappa shape index (κ3) is 5.21. The van der Waals surface area contributed by atoms with E-state index in [1.54, 1.807) is 4.90 Å². The van der Waals surface area contributed by atoms with E-state index in [2.05, 4.69) is 31.3 Å². The molecule has 0 radical (unpaired) electrons. The zero-order valence-corrected chi connectivity index (χ0v) is 19.1. The molecule has 162 valence electrons. The average Bonchev–Trinajstić information content (AvgIpc) is 2.78. The second-order valence-electron chi connectivity index (χ2n) is 8.59. The van der Waals surface area contributed by atoms with E-state index >= 15 is 0 Å². The maximum atomic E-state index is 13.3. The average molecular weight is 435 g/mol. The number of carbonyl (C=O) groups is 2. The molecule has 1 aliphatic carbocycles. The van der Waals surface area contributed by atoms with Crippen molar-refractivity contribution in [3.05, 3.63) is 64.6 Å². The standard InChI is InChI=1S/C26H30N2O2S/c1-3-19-10-12-20(13-11-19)16-24-26(30)28(22-6-4-5-7-23(22)31-24)17-25(29)27-21-14-8-18(2)9-15-21/h4-7,10-13,16,18,21H,3,8-9,14-15,17H2,1-2H3,(H,27,29). The molecule has 0 saturated heterocycles. The lowest BCUT2D eigenvalue weighted by Crippen LogP contribution is -2.46. The van der Waals surface area contributed by atoms with E-state index in [-0.39, 0.29) is 24.4 Å². The third-order valence-corrected chi connectivity index (χ3v) is 7.28. The molecule has 0 unspecified atom stereocenters. The van der Waals surface area contributed by atoms with E-state index in [0.717, 1.165) is 54.2 Å². The second kappa shape index (κ2) is 9.73. The molecule has 0 bridgehead atoms. The molecule has 0 atom stereocenters. The summed E-state index contributed by atoms with van der Waals surface area (Å²) in [7, 11) is 0. The maximum absolute atomic E-state index is 13.3. The molecule has 0 aromatic heterocycles. The monoisotopic (exact) mass is 434 g/mol. The first kappa shape index (κ1) is 21.7. The van der Waals surface area contributed by atoms with Gasteiger partial charge in [-0.3, -0.25) is 14.5 Å². The molecule has 4 rings (SSSR count). The van der Waals surface area contributed by atoms with E-state index in [9.17, 15) is 9.59 Å². The predicted molar refractivity (Wildman–Crippen MR) is 128 cm³/mol. The normalized spacial score (nSPS) is 22.3. The number of nitrogens with zero attached hydrogens (tertiary/aromatic N) is 1. The summed E-state index contributed by atoms with van der Waals surface area (Å²) in [4.78, 5) is 29.4. The van der Waals surface area contributed by atoms with Crippen molar-refractivity contribution < 1.29 is 9.59 Å². The van der Waals surface area contributed by atoms with Crippen LogP contribution in [0.5, 0.6) is 0 Å². The zero-order valence-electron chi connectivity index (χ0n) is 18.3. The summed E-state index contributed by atoms with van der Waals surface area (Å²) >= 11 is 1.47. The number of rotatable bonds is 5. The van der Waals surface area contributed by atoms with E-state index in [1.807, 2.05) is 42.5 Å². The number of anilines is 1. The first-order chi connectivity index (χ1) is 15.0. The molecule has 2 amide bonds. The number of nitrogens with one attached hydrogen (secondary N) is 1. The number of amides is 2. The molecule has 31 heavy (non-hydrogen) atoms. The Hall–Kier alpha value is -2.53. The summed E-state index contributed by atoms with van der Waals surface area (Å²) in [6.45, 7) is 4.44. The van der Waals surface area contributed by atoms with Crippen LogP contribution in [0.3, 0.4) is 0 Å². The topological polar surface area (TPSA) is 49.4 Å². The molecule has 1 saturated carbocycles. The Morgan fingerprint density at radius 3 is 2.52 bits per heavy atom. The van der Waals surface area contributed by atoms with Gasteiger partial charge in [-0.2, -0.15) is 0 Å². The summed E-state index contributed by atoms with van der Waals surface area (Å²) < 4.78 is 0. The summed E-state index contributed by atoms with van der Waals surface area (Å²) in [5.41, 5.74) is 3.07. The quantitative estimate of drug-likeness (QED) is 0.639. The molecule has 2 aromatic carbocycles. The Kier molecular flexibility index (Phi) is 6.81. The number of para-hydroxylation sites is 1. The third-order valence-electron chi connectivity index (χ3n) is 6.20. The zero-order chi connectivity index (χ0) is 21.8. The maximum Gasteiger partial charge on any atom is 0.265 e. The Morgan fingerprint density at radius 1 is 1.10 bits per heavy atom. The van der Waals surface area contributed by atoms with Crippen LogP contribution in [0.25, 0.3) is 6.08 Å². The van der Waals surface area contributed by atoms with Crippen molar-refractivity contribution >= 4 is 35.3 Å². The van der Waals surface area contributed by atoms with Gasteiger partial charge >= 0.3 is 0 Å². The minimum Gasteiger partial charge on any atom is -0.352 e. The molecular formula is C26H30N2O2S. The van der Waals surface area contributed by atoms with Crippen LogP contribution in [0, 0.1) is 5.92 Å². The highest BCUT2D eigenvalue weighted by atomic mass is 32.2. The van der Waals surface area contributed by atoms with Crippen LogP contribution in [-0.2, 0) is 16.0 Å². The fraction of sp³-hybridized carbons (Fsp3) is 0.385. The van der Waals surface area contributed by atoms with Gasteiger partial charge in [-0.1, -0.05) is 62.0 Å². The van der Waals surface area contributed by atoms with Gasteiger partial charge in [-0.15, -0.1) is 0 Å². The van der Waals surface area contributed by atoms with Crippen LogP contribution in [0.15, 0.2) is 58.3 Å². The number of fused-ring (bicyclic) bond motifs is 1. The van der Waals surface area contributed by atoms with Gasteiger partial charge in [0.05, 0.1) is 10.6 Å². The molecule has 2 aliphatic rings. The van der Waals surface area contributed by atoms with Gasteiger partial charge in [0.25, 0.3) is 5.91 Å². The Morgan fingerprint density at radius 2 is 1.81 bits per heavy atom. The fourth-order valence-electron chi connectivity index (χ4n) is 4.24.